The number of benzene rings is 1. The average molecular weight is 304 g/mol. The van der Waals surface area contributed by atoms with Gasteiger partial charge in [-0.25, -0.2) is 0 Å². The summed E-state index contributed by atoms with van der Waals surface area (Å²) in [6.07, 6.45) is 5.44. The summed E-state index contributed by atoms with van der Waals surface area (Å²) < 4.78 is 0. The summed E-state index contributed by atoms with van der Waals surface area (Å²) >= 11 is 13.8. The van der Waals surface area contributed by atoms with E-state index in [1.54, 1.807) is 0 Å². The van der Waals surface area contributed by atoms with E-state index in [2.05, 4.69) is 12.2 Å². The van der Waals surface area contributed by atoms with Gasteiger partial charge in [-0.1, -0.05) is 43.0 Å². The third-order valence-corrected chi connectivity index (χ3v) is 5.11. The fourth-order valence-corrected chi connectivity index (χ4v) is 3.63. The molecule has 1 aromatic carbocycles. The van der Waals surface area contributed by atoms with Crippen molar-refractivity contribution < 1.29 is 0 Å². The van der Waals surface area contributed by atoms with Gasteiger partial charge in [-0.15, -0.1) is 11.8 Å². The Morgan fingerprint density at radius 2 is 2.00 bits per heavy atom. The lowest BCUT2D eigenvalue weighted by Gasteiger charge is -2.16. The van der Waals surface area contributed by atoms with E-state index in [-0.39, 0.29) is 0 Å². The van der Waals surface area contributed by atoms with E-state index < -0.39 is 0 Å². The van der Waals surface area contributed by atoms with Crippen molar-refractivity contribution in [3.8, 4) is 0 Å². The third-order valence-electron chi connectivity index (χ3n) is 3.28. The fraction of sp³-hybridized carbons (Fsp3) is 0.571. The lowest BCUT2D eigenvalue weighted by molar-refractivity contribution is 0.527. The van der Waals surface area contributed by atoms with Crippen LogP contribution in [0.15, 0.2) is 23.1 Å². The molecule has 0 aromatic heterocycles. The predicted octanol–water partition coefficient (Wildman–Crippen LogP) is 5.01. The van der Waals surface area contributed by atoms with Crippen molar-refractivity contribution in [1.29, 1.82) is 0 Å². The van der Waals surface area contributed by atoms with Gasteiger partial charge in [0.15, 0.2) is 0 Å². The first kappa shape index (κ1) is 14.5. The van der Waals surface area contributed by atoms with Gasteiger partial charge >= 0.3 is 0 Å². The Balaban J connectivity index is 1.78. The van der Waals surface area contributed by atoms with Crippen LogP contribution in [-0.4, -0.2) is 17.8 Å². The second kappa shape index (κ2) is 7.04. The lowest BCUT2D eigenvalue weighted by atomic mass is 10.2. The fourth-order valence-electron chi connectivity index (χ4n) is 2.29. The van der Waals surface area contributed by atoms with Gasteiger partial charge in [0.05, 0.1) is 10.0 Å². The van der Waals surface area contributed by atoms with Crippen LogP contribution in [0.25, 0.3) is 0 Å². The number of rotatable bonds is 5. The lowest BCUT2D eigenvalue weighted by Crippen LogP contribution is -2.31. The molecule has 1 nitrogen and oxygen atoms in total. The summed E-state index contributed by atoms with van der Waals surface area (Å²) in [5.41, 5.74) is 0. The molecule has 0 bridgehead atoms. The maximum absolute atomic E-state index is 6.02. The molecular formula is C14H19Cl2NS. The zero-order valence-electron chi connectivity index (χ0n) is 10.6. The molecule has 0 spiro atoms. The first-order chi connectivity index (χ1) is 8.65. The number of thioether (sulfide) groups is 1. The Labute approximate surface area is 124 Å². The van der Waals surface area contributed by atoms with Crippen LogP contribution in [-0.2, 0) is 0 Å². The zero-order chi connectivity index (χ0) is 13.0. The van der Waals surface area contributed by atoms with Gasteiger partial charge in [-0.3, -0.25) is 0 Å². The normalized spacial score (nSPS) is 18.2. The molecule has 1 saturated carbocycles. The minimum absolute atomic E-state index is 0.544. The molecule has 1 aromatic rings. The van der Waals surface area contributed by atoms with Crippen LogP contribution in [0.3, 0.4) is 0 Å². The van der Waals surface area contributed by atoms with E-state index in [1.165, 1.54) is 30.6 Å². The van der Waals surface area contributed by atoms with Gasteiger partial charge in [-0.05, 0) is 31.0 Å². The number of hydrogen-bond donors (Lipinski definition) is 1. The molecule has 0 aliphatic heterocycles. The minimum atomic E-state index is 0.544. The highest BCUT2D eigenvalue weighted by Gasteiger charge is 2.15. The van der Waals surface area contributed by atoms with Gasteiger partial charge in [0.25, 0.3) is 0 Å². The quantitative estimate of drug-likeness (QED) is 0.768. The monoisotopic (exact) mass is 303 g/mol. The van der Waals surface area contributed by atoms with Gasteiger partial charge < -0.3 is 5.32 Å². The van der Waals surface area contributed by atoms with Crippen LogP contribution in [0.2, 0.25) is 10.0 Å². The molecule has 1 unspecified atom stereocenters. The first-order valence-electron chi connectivity index (χ1n) is 6.50. The Morgan fingerprint density at radius 3 is 2.67 bits per heavy atom. The second-order valence-corrected chi connectivity index (χ2v) is 7.22. The van der Waals surface area contributed by atoms with Crippen molar-refractivity contribution in [2.75, 3.05) is 6.54 Å². The smallest absolute Gasteiger partial charge is 0.0603 e. The first-order valence-corrected chi connectivity index (χ1v) is 8.14. The van der Waals surface area contributed by atoms with Crippen LogP contribution in [0.5, 0.6) is 0 Å². The van der Waals surface area contributed by atoms with E-state index in [0.717, 1.165) is 12.6 Å². The molecule has 0 radical (unpaired) electrons. The molecular weight excluding hydrogens is 285 g/mol. The average Bonchev–Trinajstić information content (AvgIpc) is 2.84. The Bertz CT molecular complexity index is 391. The highest BCUT2D eigenvalue weighted by molar-refractivity contribution is 8.00. The van der Waals surface area contributed by atoms with Gasteiger partial charge in [0, 0.05) is 22.7 Å². The molecule has 1 aliphatic carbocycles. The Hall–Kier alpha value is 0.110. The maximum atomic E-state index is 6.02. The van der Waals surface area contributed by atoms with Crippen molar-refractivity contribution >= 4 is 35.0 Å². The van der Waals surface area contributed by atoms with E-state index in [1.807, 2.05) is 30.0 Å². The standard InChI is InChI=1S/C14H19Cl2NS/c1-10(9-17-11-4-2-3-5-11)18-12-6-7-13(15)14(16)8-12/h6-8,10-11,17H,2-5,9H2,1H3. The SMILES string of the molecule is CC(CNC1CCCC1)Sc1ccc(Cl)c(Cl)c1. The number of halogens is 2. The van der Waals surface area contributed by atoms with Crippen LogP contribution >= 0.6 is 35.0 Å². The van der Waals surface area contributed by atoms with Crippen molar-refractivity contribution in [2.24, 2.45) is 0 Å². The molecule has 1 atom stereocenters. The largest absolute Gasteiger partial charge is 0.313 e. The van der Waals surface area contributed by atoms with E-state index in [0.29, 0.717) is 15.3 Å². The molecule has 4 heteroatoms. The predicted molar refractivity (Wildman–Crippen MR) is 82.0 cm³/mol. The minimum Gasteiger partial charge on any atom is -0.313 e. The molecule has 1 N–H and O–H groups in total. The Morgan fingerprint density at radius 1 is 1.28 bits per heavy atom. The highest BCUT2D eigenvalue weighted by atomic mass is 35.5. The molecule has 0 saturated heterocycles. The van der Waals surface area contributed by atoms with E-state index in [4.69, 9.17) is 23.2 Å². The molecule has 2 rings (SSSR count). The van der Waals surface area contributed by atoms with Crippen molar-refractivity contribution in [1.82, 2.24) is 5.32 Å². The molecule has 0 heterocycles. The topological polar surface area (TPSA) is 12.0 Å². The summed E-state index contributed by atoms with van der Waals surface area (Å²) in [5, 5.41) is 5.45. The van der Waals surface area contributed by atoms with Crippen LogP contribution < -0.4 is 5.32 Å². The number of nitrogens with one attached hydrogen (secondary N) is 1. The van der Waals surface area contributed by atoms with E-state index in [9.17, 15) is 0 Å². The van der Waals surface area contributed by atoms with Gasteiger partial charge in [0.1, 0.15) is 0 Å². The highest BCUT2D eigenvalue weighted by Crippen LogP contribution is 2.30. The summed E-state index contributed by atoms with van der Waals surface area (Å²) in [6.45, 7) is 3.30. The summed E-state index contributed by atoms with van der Waals surface area (Å²) in [6, 6.07) is 6.58. The maximum Gasteiger partial charge on any atom is 0.0603 e. The summed E-state index contributed by atoms with van der Waals surface area (Å²) in [7, 11) is 0. The van der Waals surface area contributed by atoms with Crippen molar-refractivity contribution in [2.45, 2.75) is 48.8 Å². The van der Waals surface area contributed by atoms with E-state index >= 15 is 0 Å². The molecule has 18 heavy (non-hydrogen) atoms. The van der Waals surface area contributed by atoms with Gasteiger partial charge in [-0.2, -0.15) is 0 Å². The number of hydrogen-bond acceptors (Lipinski definition) is 2. The summed E-state index contributed by atoms with van der Waals surface area (Å²) in [5.74, 6) is 0. The summed E-state index contributed by atoms with van der Waals surface area (Å²) in [4.78, 5) is 1.19. The van der Waals surface area contributed by atoms with Crippen molar-refractivity contribution in [3.05, 3.63) is 28.2 Å². The molecule has 100 valence electrons. The molecule has 1 fully saturated rings. The molecule has 1 aliphatic rings. The van der Waals surface area contributed by atoms with Crippen molar-refractivity contribution in [3.63, 3.8) is 0 Å². The van der Waals surface area contributed by atoms with Crippen LogP contribution in [0, 0.1) is 0 Å². The van der Waals surface area contributed by atoms with Crippen LogP contribution in [0.1, 0.15) is 32.6 Å². The third kappa shape index (κ3) is 4.34. The van der Waals surface area contributed by atoms with Crippen LogP contribution in [0.4, 0.5) is 0 Å². The Kier molecular flexibility index (Phi) is 5.68. The van der Waals surface area contributed by atoms with Gasteiger partial charge in [0.2, 0.25) is 0 Å². The zero-order valence-corrected chi connectivity index (χ0v) is 12.9. The molecule has 0 amide bonds. The second-order valence-electron chi connectivity index (χ2n) is 4.89.